The van der Waals surface area contributed by atoms with Gasteiger partial charge in [0.2, 0.25) is 0 Å². The van der Waals surface area contributed by atoms with Crippen molar-refractivity contribution in [1.29, 1.82) is 0 Å². The number of hydrogen-bond acceptors (Lipinski definition) is 4. The van der Waals surface area contributed by atoms with E-state index in [2.05, 4.69) is 0 Å². The van der Waals surface area contributed by atoms with Crippen LogP contribution in [0.5, 0.6) is 11.5 Å². The highest BCUT2D eigenvalue weighted by Crippen LogP contribution is 2.33. The Balaban J connectivity index is 3.18. The molecule has 0 amide bonds. The van der Waals surface area contributed by atoms with Crippen LogP contribution >= 0.6 is 0 Å². The fraction of sp³-hybridized carbons (Fsp3) is 0.462. The first-order chi connectivity index (χ1) is 8.12. The van der Waals surface area contributed by atoms with E-state index in [1.54, 1.807) is 28.3 Å². The van der Waals surface area contributed by atoms with Gasteiger partial charge in [-0.2, -0.15) is 0 Å². The molecule has 0 unspecified atom stereocenters. The van der Waals surface area contributed by atoms with Crippen molar-refractivity contribution in [2.75, 3.05) is 21.3 Å². The van der Waals surface area contributed by atoms with Crippen LogP contribution in [0.3, 0.4) is 0 Å². The normalized spacial score (nSPS) is 10.1. The van der Waals surface area contributed by atoms with E-state index in [-0.39, 0.29) is 5.78 Å². The van der Waals surface area contributed by atoms with E-state index in [0.29, 0.717) is 24.5 Å². The maximum atomic E-state index is 11.1. The van der Waals surface area contributed by atoms with E-state index in [0.717, 1.165) is 11.1 Å². The third-order valence-electron chi connectivity index (χ3n) is 2.37. The number of ether oxygens (including phenoxy) is 3. The van der Waals surface area contributed by atoms with Crippen molar-refractivity contribution < 1.29 is 19.0 Å². The Kier molecular flexibility index (Phi) is 4.97. The SMILES string of the molecule is COCc1cc(CC(C)=O)cc(OC)c1OC. The Morgan fingerprint density at radius 1 is 1.18 bits per heavy atom. The summed E-state index contributed by atoms with van der Waals surface area (Å²) in [6.07, 6.45) is 0.386. The van der Waals surface area contributed by atoms with Crippen molar-refractivity contribution in [2.24, 2.45) is 0 Å². The molecule has 0 aromatic heterocycles. The van der Waals surface area contributed by atoms with Crippen LogP contribution < -0.4 is 9.47 Å². The van der Waals surface area contributed by atoms with Gasteiger partial charge in [-0.25, -0.2) is 0 Å². The van der Waals surface area contributed by atoms with Crippen molar-refractivity contribution in [3.63, 3.8) is 0 Å². The average Bonchev–Trinajstić information content (AvgIpc) is 2.28. The molecule has 0 radical (unpaired) electrons. The van der Waals surface area contributed by atoms with Gasteiger partial charge in [-0.3, -0.25) is 4.79 Å². The molecule has 0 atom stereocenters. The number of benzene rings is 1. The summed E-state index contributed by atoms with van der Waals surface area (Å²) in [6, 6.07) is 3.73. The molecule has 0 aliphatic heterocycles. The second kappa shape index (κ2) is 6.25. The van der Waals surface area contributed by atoms with Crippen LogP contribution in [0, 0.1) is 0 Å². The monoisotopic (exact) mass is 238 g/mol. The maximum Gasteiger partial charge on any atom is 0.166 e. The van der Waals surface area contributed by atoms with E-state index >= 15 is 0 Å². The summed E-state index contributed by atoms with van der Waals surface area (Å²) in [7, 11) is 4.78. The van der Waals surface area contributed by atoms with Gasteiger partial charge in [0, 0.05) is 19.1 Å². The Hall–Kier alpha value is -1.55. The maximum absolute atomic E-state index is 11.1. The number of carbonyl (C=O) groups is 1. The summed E-state index contributed by atoms with van der Waals surface area (Å²) in [5, 5.41) is 0. The lowest BCUT2D eigenvalue weighted by molar-refractivity contribution is -0.116. The molecular weight excluding hydrogens is 220 g/mol. The summed E-state index contributed by atoms with van der Waals surface area (Å²) >= 11 is 0. The van der Waals surface area contributed by atoms with E-state index in [1.807, 2.05) is 12.1 Å². The molecular formula is C13H18O4. The fourth-order valence-corrected chi connectivity index (χ4v) is 1.76. The van der Waals surface area contributed by atoms with Gasteiger partial charge >= 0.3 is 0 Å². The van der Waals surface area contributed by atoms with E-state index in [9.17, 15) is 4.79 Å². The molecule has 1 rings (SSSR count). The first kappa shape index (κ1) is 13.5. The van der Waals surface area contributed by atoms with E-state index in [4.69, 9.17) is 14.2 Å². The smallest absolute Gasteiger partial charge is 0.166 e. The fourth-order valence-electron chi connectivity index (χ4n) is 1.76. The Labute approximate surface area is 101 Å². The van der Waals surface area contributed by atoms with Crippen molar-refractivity contribution in [3.05, 3.63) is 23.3 Å². The number of Topliss-reactive ketones (excluding diaryl/α,β-unsaturated/α-hetero) is 1. The average molecular weight is 238 g/mol. The van der Waals surface area contributed by atoms with Crippen molar-refractivity contribution in [3.8, 4) is 11.5 Å². The van der Waals surface area contributed by atoms with Crippen LogP contribution in [0.2, 0.25) is 0 Å². The van der Waals surface area contributed by atoms with Crippen LogP contribution in [-0.4, -0.2) is 27.1 Å². The summed E-state index contributed by atoms with van der Waals surface area (Å²) < 4.78 is 15.7. The van der Waals surface area contributed by atoms with Crippen LogP contribution in [0.4, 0.5) is 0 Å². The molecule has 0 bridgehead atoms. The highest BCUT2D eigenvalue weighted by molar-refractivity contribution is 5.78. The molecule has 0 N–H and O–H groups in total. The van der Waals surface area contributed by atoms with Crippen LogP contribution in [0.25, 0.3) is 0 Å². The lowest BCUT2D eigenvalue weighted by atomic mass is 10.0. The zero-order valence-corrected chi connectivity index (χ0v) is 10.7. The molecule has 0 aliphatic rings. The zero-order valence-electron chi connectivity index (χ0n) is 10.7. The molecule has 1 aromatic rings. The lowest BCUT2D eigenvalue weighted by Gasteiger charge is -2.14. The topological polar surface area (TPSA) is 44.8 Å². The zero-order chi connectivity index (χ0) is 12.8. The van der Waals surface area contributed by atoms with Crippen molar-refractivity contribution in [2.45, 2.75) is 20.0 Å². The molecule has 0 aliphatic carbocycles. The first-order valence-electron chi connectivity index (χ1n) is 5.34. The molecule has 0 fully saturated rings. The molecule has 0 spiro atoms. The van der Waals surface area contributed by atoms with Gasteiger partial charge < -0.3 is 14.2 Å². The first-order valence-corrected chi connectivity index (χ1v) is 5.34. The number of carbonyl (C=O) groups excluding carboxylic acids is 1. The Bertz CT molecular complexity index is 399. The summed E-state index contributed by atoms with van der Waals surface area (Å²) in [5.41, 5.74) is 1.78. The number of ketones is 1. The Morgan fingerprint density at radius 3 is 2.35 bits per heavy atom. The standard InChI is InChI=1S/C13H18O4/c1-9(14)5-10-6-11(8-15-2)13(17-4)12(7-10)16-3/h6-7H,5,8H2,1-4H3. The van der Waals surface area contributed by atoms with Crippen LogP contribution in [0.1, 0.15) is 18.1 Å². The summed E-state index contributed by atoms with van der Waals surface area (Å²) in [5.74, 6) is 1.39. The third kappa shape index (κ3) is 3.46. The third-order valence-corrected chi connectivity index (χ3v) is 2.37. The minimum absolute atomic E-state index is 0.112. The highest BCUT2D eigenvalue weighted by Gasteiger charge is 2.13. The molecule has 4 heteroatoms. The lowest BCUT2D eigenvalue weighted by Crippen LogP contribution is -2.02. The van der Waals surface area contributed by atoms with Gasteiger partial charge in [-0.1, -0.05) is 0 Å². The van der Waals surface area contributed by atoms with Gasteiger partial charge in [0.25, 0.3) is 0 Å². The number of hydrogen-bond donors (Lipinski definition) is 0. The predicted octanol–water partition coefficient (Wildman–Crippen LogP) is 1.98. The highest BCUT2D eigenvalue weighted by atomic mass is 16.5. The molecule has 0 saturated carbocycles. The largest absolute Gasteiger partial charge is 0.493 e. The second-order valence-electron chi connectivity index (χ2n) is 3.80. The van der Waals surface area contributed by atoms with Crippen molar-refractivity contribution in [1.82, 2.24) is 0 Å². The van der Waals surface area contributed by atoms with Crippen LogP contribution in [0.15, 0.2) is 12.1 Å². The molecule has 1 aromatic carbocycles. The second-order valence-corrected chi connectivity index (χ2v) is 3.80. The quantitative estimate of drug-likeness (QED) is 0.760. The molecule has 17 heavy (non-hydrogen) atoms. The van der Waals surface area contributed by atoms with Gasteiger partial charge in [-0.05, 0) is 24.6 Å². The van der Waals surface area contributed by atoms with Gasteiger partial charge in [-0.15, -0.1) is 0 Å². The molecule has 94 valence electrons. The van der Waals surface area contributed by atoms with E-state index < -0.39 is 0 Å². The Morgan fingerprint density at radius 2 is 1.88 bits per heavy atom. The minimum Gasteiger partial charge on any atom is -0.493 e. The number of methoxy groups -OCH3 is 3. The van der Waals surface area contributed by atoms with E-state index in [1.165, 1.54) is 0 Å². The number of rotatable bonds is 6. The molecule has 0 saturated heterocycles. The minimum atomic E-state index is 0.112. The summed E-state index contributed by atoms with van der Waals surface area (Å²) in [4.78, 5) is 11.1. The van der Waals surface area contributed by atoms with Gasteiger partial charge in [0.15, 0.2) is 11.5 Å². The van der Waals surface area contributed by atoms with Gasteiger partial charge in [0.1, 0.15) is 5.78 Å². The van der Waals surface area contributed by atoms with Crippen molar-refractivity contribution >= 4 is 5.78 Å². The molecule has 4 nitrogen and oxygen atoms in total. The predicted molar refractivity (Wildman–Crippen MR) is 64.6 cm³/mol. The molecule has 0 heterocycles. The van der Waals surface area contributed by atoms with Gasteiger partial charge in [0.05, 0.1) is 20.8 Å². The van der Waals surface area contributed by atoms with Crippen LogP contribution in [-0.2, 0) is 22.6 Å². The summed E-state index contributed by atoms with van der Waals surface area (Å²) in [6.45, 7) is 1.98.